The molecule has 0 N–H and O–H groups in total. The van der Waals surface area contributed by atoms with Crippen LogP contribution in [-0.4, -0.2) is 21.5 Å². The highest BCUT2D eigenvalue weighted by molar-refractivity contribution is 6.30. The van der Waals surface area contributed by atoms with Crippen molar-refractivity contribution in [2.45, 2.75) is 38.7 Å². The zero-order valence-electron chi connectivity index (χ0n) is 20.5. The summed E-state index contributed by atoms with van der Waals surface area (Å²) in [5, 5.41) is 4.85. The lowest BCUT2D eigenvalue weighted by molar-refractivity contribution is 0.0826. The number of hydrogen-bond acceptors (Lipinski definition) is 5. The first-order valence-electron chi connectivity index (χ1n) is 12.1. The summed E-state index contributed by atoms with van der Waals surface area (Å²) in [6.07, 6.45) is 3.71. The number of ketones is 1. The number of halogens is 2. The third kappa shape index (κ3) is 5.59. The van der Waals surface area contributed by atoms with Crippen molar-refractivity contribution in [3.8, 4) is 11.1 Å². The number of pyridine rings is 2. The highest BCUT2D eigenvalue weighted by Gasteiger charge is 2.26. The fourth-order valence-corrected chi connectivity index (χ4v) is 4.53. The number of hydrogen-bond donors (Lipinski definition) is 0. The van der Waals surface area contributed by atoms with Gasteiger partial charge in [-0.3, -0.25) is 14.8 Å². The van der Waals surface area contributed by atoms with Gasteiger partial charge in [0.25, 0.3) is 0 Å². The van der Waals surface area contributed by atoms with Gasteiger partial charge in [0.1, 0.15) is 5.82 Å². The molecule has 0 radical (unpaired) electrons. The van der Waals surface area contributed by atoms with Crippen molar-refractivity contribution in [3.63, 3.8) is 0 Å². The summed E-state index contributed by atoms with van der Waals surface area (Å²) < 4.78 is 15.0. The Labute approximate surface area is 220 Å². The normalized spacial score (nSPS) is 15.7. The van der Waals surface area contributed by atoms with Gasteiger partial charge in [-0.1, -0.05) is 41.9 Å². The van der Waals surface area contributed by atoms with Crippen LogP contribution in [0, 0.1) is 12.7 Å². The molecule has 2 aromatic heterocycles. The van der Waals surface area contributed by atoms with Crippen molar-refractivity contribution < 1.29 is 14.0 Å². The number of aryl methyl sites for hydroxylation is 1. The average Bonchev–Trinajstić information content (AvgIpc) is 3.40. The fraction of sp³-hybridized carbons (Fsp3) is 0.200. The van der Waals surface area contributed by atoms with Crippen LogP contribution in [0.1, 0.15) is 64.7 Å². The molecule has 37 heavy (non-hydrogen) atoms. The predicted octanol–water partition coefficient (Wildman–Crippen LogP) is 7.49. The Morgan fingerprint density at radius 3 is 2.65 bits per heavy atom. The predicted molar refractivity (Wildman–Crippen MR) is 142 cm³/mol. The summed E-state index contributed by atoms with van der Waals surface area (Å²) in [6.45, 7) is 3.79. The molecule has 2 aromatic carbocycles. The van der Waals surface area contributed by atoms with Crippen molar-refractivity contribution >= 4 is 23.1 Å². The Morgan fingerprint density at radius 2 is 1.92 bits per heavy atom. The summed E-state index contributed by atoms with van der Waals surface area (Å²) in [5.41, 5.74) is 5.31. The summed E-state index contributed by atoms with van der Waals surface area (Å²) in [4.78, 5) is 27.8. The van der Waals surface area contributed by atoms with Crippen molar-refractivity contribution in [1.29, 1.82) is 0 Å². The first kappa shape index (κ1) is 24.8. The Kier molecular flexibility index (Phi) is 7.10. The van der Waals surface area contributed by atoms with E-state index in [-0.39, 0.29) is 30.0 Å². The van der Waals surface area contributed by atoms with E-state index in [2.05, 4.69) is 15.1 Å². The van der Waals surface area contributed by atoms with Crippen molar-refractivity contribution in [2.75, 3.05) is 0 Å². The van der Waals surface area contributed by atoms with Crippen LogP contribution in [-0.2, 0) is 4.84 Å². The molecule has 1 aliphatic heterocycles. The van der Waals surface area contributed by atoms with Gasteiger partial charge in [0.15, 0.2) is 11.9 Å². The number of Topliss-reactive ketones (excluding diaryl/α,β-unsaturated/α-hetero) is 1. The minimum absolute atomic E-state index is 0.0688. The van der Waals surface area contributed by atoms with E-state index in [1.54, 1.807) is 30.6 Å². The molecule has 4 aromatic rings. The number of aromatic nitrogens is 2. The number of carbonyl (C=O) groups excluding carboxylic acids is 1. The van der Waals surface area contributed by atoms with E-state index < -0.39 is 0 Å². The molecule has 7 heteroatoms. The molecule has 3 heterocycles. The van der Waals surface area contributed by atoms with Crippen LogP contribution in [0.2, 0.25) is 5.02 Å². The van der Waals surface area contributed by atoms with Crippen LogP contribution in [0.25, 0.3) is 11.1 Å². The summed E-state index contributed by atoms with van der Waals surface area (Å²) >= 11 is 5.96. The lowest BCUT2D eigenvalue weighted by atomic mass is 9.91. The van der Waals surface area contributed by atoms with Gasteiger partial charge >= 0.3 is 0 Å². The van der Waals surface area contributed by atoms with Crippen molar-refractivity contribution in [3.05, 3.63) is 118 Å². The first-order chi connectivity index (χ1) is 17.9. The van der Waals surface area contributed by atoms with E-state index in [0.717, 1.165) is 22.5 Å². The van der Waals surface area contributed by atoms with Crippen LogP contribution in [0.5, 0.6) is 0 Å². The minimum Gasteiger partial charge on any atom is -0.385 e. The van der Waals surface area contributed by atoms with Crippen LogP contribution >= 0.6 is 11.6 Å². The molecule has 1 unspecified atom stereocenters. The summed E-state index contributed by atoms with van der Waals surface area (Å²) in [6, 6.07) is 19.7. The van der Waals surface area contributed by atoms with E-state index in [4.69, 9.17) is 16.4 Å². The lowest BCUT2D eigenvalue weighted by Gasteiger charge is -2.13. The lowest BCUT2D eigenvalue weighted by Crippen LogP contribution is -2.09. The molecule has 5 nitrogen and oxygen atoms in total. The second-order valence-electron chi connectivity index (χ2n) is 9.30. The second-order valence-corrected chi connectivity index (χ2v) is 9.74. The van der Waals surface area contributed by atoms with Gasteiger partial charge < -0.3 is 4.84 Å². The third-order valence-corrected chi connectivity index (χ3v) is 6.68. The van der Waals surface area contributed by atoms with E-state index in [9.17, 15) is 9.18 Å². The summed E-state index contributed by atoms with van der Waals surface area (Å²) in [5.74, 6) is -0.528. The highest BCUT2D eigenvalue weighted by Crippen LogP contribution is 2.32. The standard InChI is InChI=1S/C30H25ClFN3O2/c1-18-6-8-24(25(32)11-18)20-13-21(28-16-30(37-35-28)27-5-3-4-10-33-27)15-22(14-20)29(36)12-19(2)26-9-7-23(31)17-34-26/h3-11,13-15,17,19,30H,12,16H2,1-2H3/t19-,30?/m1/s1. The molecule has 5 rings (SSSR count). The van der Waals surface area contributed by atoms with Crippen molar-refractivity contribution in [1.82, 2.24) is 9.97 Å². The van der Waals surface area contributed by atoms with Gasteiger partial charge in [-0.15, -0.1) is 0 Å². The zero-order valence-corrected chi connectivity index (χ0v) is 21.2. The molecular weight excluding hydrogens is 489 g/mol. The van der Waals surface area contributed by atoms with E-state index in [1.165, 1.54) is 6.07 Å². The largest absolute Gasteiger partial charge is 0.385 e. The monoisotopic (exact) mass is 513 g/mol. The Bertz CT molecular complexity index is 1470. The van der Waals surface area contributed by atoms with Gasteiger partial charge in [-0.25, -0.2) is 4.39 Å². The molecule has 0 fully saturated rings. The number of nitrogens with zero attached hydrogens (tertiary/aromatic N) is 3. The SMILES string of the molecule is Cc1ccc(-c2cc(C(=O)C[C@@H](C)c3ccc(Cl)cn3)cc(C3=NOC(c4ccccn4)C3)c2)c(F)c1. The van der Waals surface area contributed by atoms with E-state index >= 15 is 0 Å². The van der Waals surface area contributed by atoms with Gasteiger partial charge in [0, 0.05) is 53.5 Å². The van der Waals surface area contributed by atoms with Crippen LogP contribution in [0.15, 0.2) is 84.3 Å². The molecule has 0 amide bonds. The molecular formula is C30H25ClFN3O2. The summed E-state index contributed by atoms with van der Waals surface area (Å²) in [7, 11) is 0. The molecule has 0 saturated heterocycles. The Hall–Kier alpha value is -3.90. The molecule has 0 spiro atoms. The van der Waals surface area contributed by atoms with Gasteiger partial charge in [-0.2, -0.15) is 0 Å². The van der Waals surface area contributed by atoms with E-state index in [0.29, 0.717) is 33.8 Å². The molecule has 2 atom stereocenters. The highest BCUT2D eigenvalue weighted by atomic mass is 35.5. The van der Waals surface area contributed by atoms with Gasteiger partial charge in [-0.05, 0) is 66.6 Å². The number of carbonyl (C=O) groups is 1. The maximum atomic E-state index is 15.0. The third-order valence-electron chi connectivity index (χ3n) is 6.46. The maximum absolute atomic E-state index is 15.0. The molecule has 1 aliphatic rings. The number of rotatable bonds is 7. The van der Waals surface area contributed by atoms with Gasteiger partial charge in [0.05, 0.1) is 16.4 Å². The van der Waals surface area contributed by atoms with Crippen LogP contribution in [0.3, 0.4) is 0 Å². The Balaban J connectivity index is 1.48. The molecule has 0 aliphatic carbocycles. The molecule has 0 saturated carbocycles. The number of oxime groups is 1. The first-order valence-corrected chi connectivity index (χ1v) is 12.5. The van der Waals surface area contributed by atoms with Crippen molar-refractivity contribution in [2.24, 2.45) is 5.16 Å². The van der Waals surface area contributed by atoms with Gasteiger partial charge in [0.2, 0.25) is 0 Å². The van der Waals surface area contributed by atoms with E-state index in [1.807, 2.05) is 56.3 Å². The number of benzene rings is 2. The smallest absolute Gasteiger partial charge is 0.174 e. The minimum atomic E-state index is -0.342. The zero-order chi connectivity index (χ0) is 25.9. The topological polar surface area (TPSA) is 64.4 Å². The molecule has 0 bridgehead atoms. The Morgan fingerprint density at radius 1 is 1.08 bits per heavy atom. The van der Waals surface area contributed by atoms with Crippen LogP contribution in [0.4, 0.5) is 4.39 Å². The molecule has 186 valence electrons. The average molecular weight is 514 g/mol. The van der Waals surface area contributed by atoms with Crippen LogP contribution < -0.4 is 0 Å². The second kappa shape index (κ2) is 10.6. The maximum Gasteiger partial charge on any atom is 0.174 e. The quantitative estimate of drug-likeness (QED) is 0.240. The fourth-order valence-electron chi connectivity index (χ4n) is 4.42.